The first-order valence-corrected chi connectivity index (χ1v) is 7.96. The molecule has 6 nitrogen and oxygen atoms in total. The fraction of sp³-hybridized carbons (Fsp3) is 0. The molecule has 0 aliphatic rings. The number of fused-ring (bicyclic) bond motifs is 3. The second kappa shape index (κ2) is 5.66. The van der Waals surface area contributed by atoms with E-state index in [1.807, 2.05) is 18.2 Å². The number of nitrogens with zero attached hydrogens (tertiary/aromatic N) is 4. The normalized spacial score (nSPS) is 10.7. The largest absolute Gasteiger partial charge is 0.507 e. The predicted molar refractivity (Wildman–Crippen MR) is 98.7 cm³/mol. The second-order valence-corrected chi connectivity index (χ2v) is 6.09. The number of para-hydroxylation sites is 2. The highest BCUT2D eigenvalue weighted by Crippen LogP contribution is 2.40. The maximum absolute atomic E-state index is 10.3. The third-order valence-corrected chi connectivity index (χ3v) is 4.47. The number of hydrogen-bond acceptors (Lipinski definition) is 5. The van der Waals surface area contributed by atoms with Gasteiger partial charge in [-0.15, -0.1) is 0 Å². The first-order valence-electron chi connectivity index (χ1n) is 7.58. The summed E-state index contributed by atoms with van der Waals surface area (Å²) in [5.41, 5.74) is 8.62. The number of benzene rings is 2. The van der Waals surface area contributed by atoms with Crippen LogP contribution in [0.2, 0.25) is 5.02 Å². The molecule has 0 saturated carbocycles. The summed E-state index contributed by atoms with van der Waals surface area (Å²) < 4.78 is 1.58. The predicted octanol–water partition coefficient (Wildman–Crippen LogP) is 3.84. The number of phenolic OH excluding ortho intramolecular Hbond substituents is 1. The Balaban J connectivity index is 2.28. The summed E-state index contributed by atoms with van der Waals surface area (Å²) in [6, 6.07) is 15.8. The summed E-state index contributed by atoms with van der Waals surface area (Å²) in [6.07, 6.45) is 0. The van der Waals surface area contributed by atoms with Crippen molar-refractivity contribution in [2.75, 3.05) is 5.73 Å². The number of pyridine rings is 1. The topological polar surface area (TPSA) is 111 Å². The smallest absolute Gasteiger partial charge is 0.158 e. The van der Waals surface area contributed by atoms with E-state index < -0.39 is 0 Å². The van der Waals surface area contributed by atoms with Gasteiger partial charge in [0.2, 0.25) is 0 Å². The first-order chi connectivity index (χ1) is 12.6. The van der Waals surface area contributed by atoms with Gasteiger partial charge >= 0.3 is 0 Å². The third kappa shape index (κ3) is 2.07. The number of aromatic nitrogens is 2. The van der Waals surface area contributed by atoms with Crippen LogP contribution in [0.1, 0.15) is 11.1 Å². The zero-order valence-electron chi connectivity index (χ0n) is 13.2. The standard InChI is InChI=1S/C19H10ClN5O/c20-10-5-6-16(26)11(7-10)17-12(8-21)18(23)25-15-4-2-1-3-14(15)24-19(25)13(17)9-22/h1-7,26H,23H2. The van der Waals surface area contributed by atoms with Crippen molar-refractivity contribution in [3.63, 3.8) is 0 Å². The Labute approximate surface area is 152 Å². The monoisotopic (exact) mass is 359 g/mol. The van der Waals surface area contributed by atoms with E-state index in [1.165, 1.54) is 18.2 Å². The van der Waals surface area contributed by atoms with Gasteiger partial charge in [-0.1, -0.05) is 23.7 Å². The van der Waals surface area contributed by atoms with Gasteiger partial charge in [-0.05, 0) is 30.3 Å². The molecule has 0 radical (unpaired) electrons. The number of nitriles is 2. The Morgan fingerprint density at radius 1 is 1.08 bits per heavy atom. The molecule has 0 amide bonds. The Hall–Kier alpha value is -3.74. The number of anilines is 1. The number of rotatable bonds is 1. The first kappa shape index (κ1) is 15.8. The molecular formula is C19H10ClN5O. The molecule has 4 aromatic rings. The van der Waals surface area contributed by atoms with Crippen LogP contribution >= 0.6 is 11.6 Å². The molecule has 124 valence electrons. The van der Waals surface area contributed by atoms with Gasteiger partial charge in [0, 0.05) is 16.1 Å². The minimum absolute atomic E-state index is 0.0785. The van der Waals surface area contributed by atoms with Crippen LogP contribution in [0.3, 0.4) is 0 Å². The van der Waals surface area contributed by atoms with E-state index in [0.29, 0.717) is 21.7 Å². The molecule has 0 bridgehead atoms. The van der Waals surface area contributed by atoms with E-state index >= 15 is 0 Å². The highest BCUT2D eigenvalue weighted by atomic mass is 35.5. The number of halogens is 1. The van der Waals surface area contributed by atoms with Crippen molar-refractivity contribution >= 4 is 34.1 Å². The van der Waals surface area contributed by atoms with Crippen LogP contribution in [0.5, 0.6) is 5.75 Å². The average Bonchev–Trinajstić information content (AvgIpc) is 3.03. The fourth-order valence-corrected chi connectivity index (χ4v) is 3.28. The summed E-state index contributed by atoms with van der Waals surface area (Å²) in [5.74, 6) is 0.0341. The van der Waals surface area contributed by atoms with Crippen LogP contribution in [-0.2, 0) is 0 Å². The SMILES string of the molecule is N#Cc1c(-c2cc(Cl)ccc2O)c(C#N)c2nc3ccccc3n2c1N. The van der Waals surface area contributed by atoms with Gasteiger partial charge in [0.25, 0.3) is 0 Å². The lowest BCUT2D eigenvalue weighted by atomic mass is 9.95. The zero-order chi connectivity index (χ0) is 18.4. The van der Waals surface area contributed by atoms with Crippen LogP contribution in [-0.4, -0.2) is 14.5 Å². The van der Waals surface area contributed by atoms with E-state index in [2.05, 4.69) is 17.1 Å². The van der Waals surface area contributed by atoms with Crippen molar-refractivity contribution < 1.29 is 5.11 Å². The molecule has 0 atom stereocenters. The lowest BCUT2D eigenvalue weighted by molar-refractivity contribution is 0.477. The maximum Gasteiger partial charge on any atom is 0.158 e. The highest BCUT2D eigenvalue weighted by Gasteiger charge is 2.24. The van der Waals surface area contributed by atoms with Crippen molar-refractivity contribution in [2.45, 2.75) is 0 Å². The molecule has 2 aromatic carbocycles. The van der Waals surface area contributed by atoms with E-state index in [1.54, 1.807) is 10.5 Å². The molecule has 2 aromatic heterocycles. The van der Waals surface area contributed by atoms with Gasteiger partial charge in [0.05, 0.1) is 11.0 Å². The van der Waals surface area contributed by atoms with Crippen molar-refractivity contribution in [3.05, 3.63) is 58.6 Å². The lowest BCUT2D eigenvalue weighted by Crippen LogP contribution is -2.05. The van der Waals surface area contributed by atoms with Crippen molar-refractivity contribution in [1.82, 2.24) is 9.38 Å². The molecule has 4 rings (SSSR count). The number of phenols is 1. The lowest BCUT2D eigenvalue weighted by Gasteiger charge is -2.14. The number of hydrogen-bond donors (Lipinski definition) is 2. The second-order valence-electron chi connectivity index (χ2n) is 5.65. The number of imidazole rings is 1. The summed E-state index contributed by atoms with van der Waals surface area (Å²) in [5, 5.41) is 30.2. The Kier molecular flexibility index (Phi) is 3.43. The summed E-state index contributed by atoms with van der Waals surface area (Å²) in [7, 11) is 0. The Bertz CT molecular complexity index is 1290. The summed E-state index contributed by atoms with van der Waals surface area (Å²) in [4.78, 5) is 4.50. The van der Waals surface area contributed by atoms with Gasteiger partial charge in [0.15, 0.2) is 5.65 Å². The van der Waals surface area contributed by atoms with Gasteiger partial charge < -0.3 is 10.8 Å². The minimum Gasteiger partial charge on any atom is -0.507 e. The molecule has 0 fully saturated rings. The molecule has 0 saturated heterocycles. The molecule has 0 unspecified atom stereocenters. The van der Waals surface area contributed by atoms with E-state index in [9.17, 15) is 15.6 Å². The average molecular weight is 360 g/mol. The van der Waals surface area contributed by atoms with Crippen LogP contribution in [0.15, 0.2) is 42.5 Å². The summed E-state index contributed by atoms with van der Waals surface area (Å²) >= 11 is 6.05. The van der Waals surface area contributed by atoms with Crippen LogP contribution < -0.4 is 5.73 Å². The molecule has 2 heterocycles. The minimum atomic E-state index is -0.109. The van der Waals surface area contributed by atoms with Crippen LogP contribution in [0.25, 0.3) is 27.8 Å². The van der Waals surface area contributed by atoms with E-state index in [-0.39, 0.29) is 33.8 Å². The van der Waals surface area contributed by atoms with Crippen molar-refractivity contribution in [1.29, 1.82) is 10.5 Å². The maximum atomic E-state index is 10.3. The van der Waals surface area contributed by atoms with Gasteiger partial charge in [0.1, 0.15) is 34.8 Å². The van der Waals surface area contributed by atoms with Crippen LogP contribution in [0.4, 0.5) is 5.82 Å². The summed E-state index contributed by atoms with van der Waals surface area (Å²) in [6.45, 7) is 0. The number of nitrogens with two attached hydrogens (primary N) is 1. The van der Waals surface area contributed by atoms with Crippen LogP contribution in [0, 0.1) is 22.7 Å². The molecule has 26 heavy (non-hydrogen) atoms. The van der Waals surface area contributed by atoms with E-state index in [4.69, 9.17) is 17.3 Å². The zero-order valence-corrected chi connectivity index (χ0v) is 14.0. The highest BCUT2D eigenvalue weighted by molar-refractivity contribution is 6.31. The molecule has 0 aliphatic heterocycles. The molecule has 0 spiro atoms. The van der Waals surface area contributed by atoms with Crippen molar-refractivity contribution in [3.8, 4) is 29.0 Å². The van der Waals surface area contributed by atoms with Crippen molar-refractivity contribution in [2.24, 2.45) is 0 Å². The molecule has 7 heteroatoms. The fourth-order valence-electron chi connectivity index (χ4n) is 3.11. The number of nitrogen functional groups attached to an aromatic ring is 1. The van der Waals surface area contributed by atoms with Gasteiger partial charge in [-0.25, -0.2) is 4.98 Å². The van der Waals surface area contributed by atoms with Gasteiger partial charge in [-0.2, -0.15) is 10.5 Å². The quantitative estimate of drug-likeness (QED) is 0.536. The molecular weight excluding hydrogens is 350 g/mol. The Morgan fingerprint density at radius 3 is 2.54 bits per heavy atom. The Morgan fingerprint density at radius 2 is 1.81 bits per heavy atom. The molecule has 0 aliphatic carbocycles. The van der Waals surface area contributed by atoms with Gasteiger partial charge in [-0.3, -0.25) is 4.40 Å². The third-order valence-electron chi connectivity index (χ3n) is 4.23. The molecule has 3 N–H and O–H groups in total. The number of aromatic hydroxyl groups is 1. The van der Waals surface area contributed by atoms with E-state index in [0.717, 1.165) is 0 Å².